The van der Waals surface area contributed by atoms with Crippen molar-refractivity contribution < 1.29 is 32.8 Å². The van der Waals surface area contributed by atoms with Crippen LogP contribution in [0.3, 0.4) is 0 Å². The van der Waals surface area contributed by atoms with Crippen LogP contribution in [0.25, 0.3) is 0 Å². The first-order valence-corrected chi connectivity index (χ1v) is 24.4. The second-order valence-electron chi connectivity index (χ2n) is 14.5. The molecule has 0 bridgehead atoms. The Morgan fingerprint density at radius 2 is 0.949 bits per heavy atom. The summed E-state index contributed by atoms with van der Waals surface area (Å²) in [6.07, 6.45) is 62.5. The quantitative estimate of drug-likeness (QED) is 0.0270. The Hall–Kier alpha value is -2.84. The molecule has 0 heterocycles. The summed E-state index contributed by atoms with van der Waals surface area (Å²) in [6.45, 7) is 4.66. The Morgan fingerprint density at radius 1 is 0.525 bits per heavy atom. The molecule has 336 valence electrons. The van der Waals surface area contributed by atoms with Crippen LogP contribution in [0.4, 0.5) is 0 Å². The Kier molecular flexibility index (Phi) is 44.0. The summed E-state index contributed by atoms with van der Waals surface area (Å²) < 4.78 is 33.4. The van der Waals surface area contributed by atoms with Gasteiger partial charge in [-0.05, 0) is 96.3 Å². The van der Waals surface area contributed by atoms with Crippen LogP contribution in [-0.2, 0) is 27.9 Å². The number of hydrogen-bond donors (Lipinski definition) is 2. The van der Waals surface area contributed by atoms with Gasteiger partial charge in [-0.3, -0.25) is 13.8 Å². The lowest BCUT2D eigenvalue weighted by molar-refractivity contribution is -0.154. The minimum Gasteiger partial charge on any atom is -0.457 e. The molecule has 0 aliphatic rings. The molecule has 0 aromatic carbocycles. The van der Waals surface area contributed by atoms with Crippen LogP contribution in [0.1, 0.15) is 162 Å². The van der Waals surface area contributed by atoms with E-state index in [1.807, 2.05) is 0 Å². The van der Waals surface area contributed by atoms with E-state index in [0.29, 0.717) is 13.0 Å². The topological polar surface area (TPSA) is 117 Å². The molecule has 3 N–H and O–H groups in total. The first-order chi connectivity index (χ1) is 28.9. The SMILES string of the molecule is CC/C=C\C/C=C\C/C=C\C/C=C\C/C=C\C/C=C\C/C=C\CCCCCC(=O)OC(COCCCCCCCC/C=C\C/C=C\CCCC)COP(=O)(O)OCCN. The fourth-order valence-electron chi connectivity index (χ4n) is 5.58. The molecule has 2 unspecified atom stereocenters. The van der Waals surface area contributed by atoms with E-state index in [2.05, 4.69) is 123 Å². The van der Waals surface area contributed by atoms with Gasteiger partial charge >= 0.3 is 13.8 Å². The van der Waals surface area contributed by atoms with E-state index < -0.39 is 13.9 Å². The predicted molar refractivity (Wildman–Crippen MR) is 251 cm³/mol. The van der Waals surface area contributed by atoms with Crippen LogP contribution < -0.4 is 5.73 Å². The highest BCUT2D eigenvalue weighted by Crippen LogP contribution is 2.43. The van der Waals surface area contributed by atoms with Gasteiger partial charge in [0, 0.05) is 19.6 Å². The van der Waals surface area contributed by atoms with Crippen LogP contribution in [0.15, 0.2) is 109 Å². The van der Waals surface area contributed by atoms with Crippen LogP contribution in [0.2, 0.25) is 0 Å². The minimum absolute atomic E-state index is 0.0861. The number of esters is 1. The van der Waals surface area contributed by atoms with Crippen molar-refractivity contribution in [2.24, 2.45) is 5.73 Å². The second kappa shape index (κ2) is 46.2. The summed E-state index contributed by atoms with van der Waals surface area (Å²) in [6, 6.07) is 0. The molecule has 8 nitrogen and oxygen atoms in total. The first kappa shape index (κ1) is 56.2. The number of allylic oxidation sites excluding steroid dienone is 18. The molecule has 0 saturated carbocycles. The summed E-state index contributed by atoms with van der Waals surface area (Å²) in [7, 11) is -4.30. The number of carbonyl (C=O) groups excluding carboxylic acids is 1. The highest BCUT2D eigenvalue weighted by atomic mass is 31.2. The third-order valence-electron chi connectivity index (χ3n) is 8.92. The molecular weight excluding hydrogens is 758 g/mol. The Labute approximate surface area is 361 Å². The van der Waals surface area contributed by atoms with E-state index in [0.717, 1.165) is 96.3 Å². The molecule has 0 aromatic rings. The van der Waals surface area contributed by atoms with E-state index in [-0.39, 0.29) is 38.8 Å². The standard InChI is InChI=1S/C50H84NO7P/c1-3-5-7-9-11-13-15-17-19-20-21-22-23-24-25-26-27-28-29-31-33-35-37-39-41-43-50(52)58-49(48-57-59(53,54)56-46-44-51)47-55-45-42-40-38-36-34-32-30-18-16-14-12-10-8-6-4-2/h5,7,10-13,16-19,21-22,24-25,27-28,31,33,49H,3-4,6,8-9,14-15,20,23,26,29-30,32,34-48,51H2,1-2H3,(H,53,54)/b7-5-,12-10-,13-11-,18-16-,19-17-,22-21-,25-24-,28-27-,33-31-. The normalized spacial score (nSPS) is 14.4. The number of nitrogens with two attached hydrogens (primary N) is 1. The highest BCUT2D eigenvalue weighted by Gasteiger charge is 2.25. The van der Waals surface area contributed by atoms with Crippen LogP contribution in [0, 0.1) is 0 Å². The summed E-state index contributed by atoms with van der Waals surface area (Å²) in [5, 5.41) is 0. The summed E-state index contributed by atoms with van der Waals surface area (Å²) in [5.74, 6) is -0.371. The number of unbranched alkanes of at least 4 members (excludes halogenated alkanes) is 11. The first-order valence-electron chi connectivity index (χ1n) is 22.9. The molecule has 0 spiro atoms. The molecule has 0 amide bonds. The van der Waals surface area contributed by atoms with Crippen molar-refractivity contribution in [3.63, 3.8) is 0 Å². The van der Waals surface area contributed by atoms with E-state index in [1.54, 1.807) is 0 Å². The summed E-state index contributed by atoms with van der Waals surface area (Å²) in [4.78, 5) is 22.5. The lowest BCUT2D eigenvalue weighted by Crippen LogP contribution is -2.28. The van der Waals surface area contributed by atoms with E-state index in [4.69, 9.17) is 24.3 Å². The van der Waals surface area contributed by atoms with Gasteiger partial charge in [-0.25, -0.2) is 4.57 Å². The fourth-order valence-corrected chi connectivity index (χ4v) is 6.34. The molecule has 0 aliphatic carbocycles. The maximum absolute atomic E-state index is 12.6. The predicted octanol–water partition coefficient (Wildman–Crippen LogP) is 14.0. The fraction of sp³-hybridized carbons (Fsp3) is 0.620. The van der Waals surface area contributed by atoms with Gasteiger partial charge < -0.3 is 20.1 Å². The molecule has 0 aliphatic heterocycles. The molecule has 0 radical (unpaired) electrons. The number of carbonyl (C=O) groups is 1. The van der Waals surface area contributed by atoms with Crippen molar-refractivity contribution in [3.05, 3.63) is 109 Å². The Bertz CT molecular complexity index is 1260. The maximum atomic E-state index is 12.6. The van der Waals surface area contributed by atoms with Crippen LogP contribution in [0.5, 0.6) is 0 Å². The number of hydrogen-bond acceptors (Lipinski definition) is 7. The summed E-state index contributed by atoms with van der Waals surface area (Å²) in [5.41, 5.74) is 5.37. The Balaban J connectivity index is 4.14. The largest absolute Gasteiger partial charge is 0.472 e. The van der Waals surface area contributed by atoms with Gasteiger partial charge in [-0.1, -0.05) is 168 Å². The number of phosphoric acid groups is 1. The zero-order valence-corrected chi connectivity index (χ0v) is 38.1. The summed E-state index contributed by atoms with van der Waals surface area (Å²) >= 11 is 0. The lowest BCUT2D eigenvalue weighted by Gasteiger charge is -2.20. The second-order valence-corrected chi connectivity index (χ2v) is 16.0. The van der Waals surface area contributed by atoms with Gasteiger partial charge in [0.2, 0.25) is 0 Å². The van der Waals surface area contributed by atoms with Gasteiger partial charge in [0.15, 0.2) is 0 Å². The van der Waals surface area contributed by atoms with E-state index in [1.165, 1.54) is 38.5 Å². The molecule has 2 atom stereocenters. The van der Waals surface area contributed by atoms with Crippen LogP contribution in [-0.4, -0.2) is 49.9 Å². The van der Waals surface area contributed by atoms with Gasteiger partial charge in [-0.15, -0.1) is 0 Å². The smallest absolute Gasteiger partial charge is 0.457 e. The van der Waals surface area contributed by atoms with E-state index >= 15 is 0 Å². The van der Waals surface area contributed by atoms with Crippen molar-refractivity contribution >= 4 is 13.8 Å². The van der Waals surface area contributed by atoms with Crippen molar-refractivity contribution in [1.29, 1.82) is 0 Å². The Morgan fingerprint density at radius 3 is 1.42 bits per heavy atom. The highest BCUT2D eigenvalue weighted by molar-refractivity contribution is 7.47. The molecule has 59 heavy (non-hydrogen) atoms. The molecule has 0 aromatic heterocycles. The van der Waals surface area contributed by atoms with Gasteiger partial charge in [0.25, 0.3) is 0 Å². The molecule has 0 saturated heterocycles. The molecule has 0 fully saturated rings. The average molecular weight is 842 g/mol. The van der Waals surface area contributed by atoms with Gasteiger partial charge in [0.05, 0.1) is 19.8 Å². The third kappa shape index (κ3) is 46.1. The third-order valence-corrected chi connectivity index (χ3v) is 9.91. The van der Waals surface area contributed by atoms with Gasteiger partial charge in [0.1, 0.15) is 6.10 Å². The molecule has 9 heteroatoms. The number of phosphoric ester groups is 1. The lowest BCUT2D eigenvalue weighted by atomic mass is 10.1. The average Bonchev–Trinajstić information content (AvgIpc) is 3.23. The van der Waals surface area contributed by atoms with Crippen molar-refractivity contribution in [1.82, 2.24) is 0 Å². The number of ether oxygens (including phenoxy) is 2. The number of rotatable bonds is 42. The monoisotopic (exact) mass is 842 g/mol. The van der Waals surface area contributed by atoms with E-state index in [9.17, 15) is 14.3 Å². The maximum Gasteiger partial charge on any atom is 0.472 e. The van der Waals surface area contributed by atoms with Crippen molar-refractivity contribution in [2.45, 2.75) is 168 Å². The molecular formula is C50H84NO7P. The van der Waals surface area contributed by atoms with Crippen molar-refractivity contribution in [2.75, 3.05) is 33.0 Å². The minimum atomic E-state index is -4.30. The van der Waals surface area contributed by atoms with Gasteiger partial charge in [-0.2, -0.15) is 0 Å². The van der Waals surface area contributed by atoms with Crippen LogP contribution >= 0.6 is 7.82 Å². The molecule has 0 rings (SSSR count). The van der Waals surface area contributed by atoms with Crippen molar-refractivity contribution in [3.8, 4) is 0 Å². The zero-order chi connectivity index (χ0) is 43.0. The zero-order valence-electron chi connectivity index (χ0n) is 37.2.